The summed E-state index contributed by atoms with van der Waals surface area (Å²) in [6.07, 6.45) is 5.35. The van der Waals surface area contributed by atoms with Crippen molar-refractivity contribution >= 4 is 16.7 Å². The molecule has 0 aliphatic carbocycles. The first-order valence-corrected chi connectivity index (χ1v) is 8.61. The Morgan fingerprint density at radius 2 is 2.23 bits per heavy atom. The van der Waals surface area contributed by atoms with Crippen LogP contribution in [-0.2, 0) is 16.1 Å². The van der Waals surface area contributed by atoms with Gasteiger partial charge in [0.15, 0.2) is 0 Å². The molecule has 3 heterocycles. The number of amides is 1. The lowest BCUT2D eigenvalue weighted by atomic mass is 10.1. The second kappa shape index (κ2) is 7.21. The van der Waals surface area contributed by atoms with Gasteiger partial charge in [0.05, 0.1) is 18.8 Å². The lowest BCUT2D eigenvalue weighted by Gasteiger charge is -2.32. The first-order valence-electron chi connectivity index (χ1n) is 8.61. The molecule has 1 atom stereocenters. The maximum absolute atomic E-state index is 13.5. The maximum atomic E-state index is 13.5. The highest BCUT2D eigenvalue weighted by molar-refractivity contribution is 5.82. The predicted octanol–water partition coefficient (Wildman–Crippen LogP) is 2.56. The molecule has 1 saturated heterocycles. The number of halogens is 1. The van der Waals surface area contributed by atoms with Gasteiger partial charge in [-0.1, -0.05) is 0 Å². The van der Waals surface area contributed by atoms with Crippen LogP contribution in [0.1, 0.15) is 18.2 Å². The molecule has 0 bridgehead atoms. The number of fused-ring (bicyclic) bond motifs is 1. The zero-order valence-electron chi connectivity index (χ0n) is 14.2. The SMILES string of the molecule is O=C(CCn1cccn1)N1CCOC(c2cc3cc(F)ccc3cn2)C1. The lowest BCUT2D eigenvalue weighted by Crippen LogP contribution is -2.42. The number of aryl methyl sites for hydroxylation is 1. The van der Waals surface area contributed by atoms with E-state index in [9.17, 15) is 9.18 Å². The fraction of sp³-hybridized carbons (Fsp3) is 0.316. The van der Waals surface area contributed by atoms with Crippen LogP contribution in [-0.4, -0.2) is 45.3 Å². The van der Waals surface area contributed by atoms with Gasteiger partial charge in [0, 0.05) is 43.5 Å². The molecule has 0 saturated carbocycles. The third kappa shape index (κ3) is 3.57. The fourth-order valence-electron chi connectivity index (χ4n) is 3.16. The Morgan fingerprint density at radius 3 is 3.08 bits per heavy atom. The Kier molecular flexibility index (Phi) is 4.62. The van der Waals surface area contributed by atoms with E-state index in [1.807, 2.05) is 18.3 Å². The van der Waals surface area contributed by atoms with E-state index in [0.29, 0.717) is 38.4 Å². The molecular formula is C19H19FN4O2. The number of ether oxygens (including phenoxy) is 1. The molecule has 7 heteroatoms. The molecule has 1 fully saturated rings. The van der Waals surface area contributed by atoms with Gasteiger partial charge in [0.25, 0.3) is 0 Å². The molecule has 3 aromatic rings. The van der Waals surface area contributed by atoms with E-state index < -0.39 is 0 Å². The second-order valence-corrected chi connectivity index (χ2v) is 6.32. The van der Waals surface area contributed by atoms with Crippen LogP contribution in [0.25, 0.3) is 10.8 Å². The number of rotatable bonds is 4. The lowest BCUT2D eigenvalue weighted by molar-refractivity contribution is -0.139. The standard InChI is InChI=1S/C19H19FN4O2/c20-16-3-2-14-12-21-17(11-15(14)10-16)18-13-23(8-9-26-18)19(25)4-7-24-6-1-5-22-24/h1-3,5-6,10-12,18H,4,7-9,13H2. The Labute approximate surface area is 150 Å². The molecule has 1 aromatic carbocycles. The third-order valence-electron chi connectivity index (χ3n) is 4.57. The van der Waals surface area contributed by atoms with E-state index >= 15 is 0 Å². The number of hydrogen-bond acceptors (Lipinski definition) is 4. The van der Waals surface area contributed by atoms with Crippen molar-refractivity contribution < 1.29 is 13.9 Å². The molecule has 26 heavy (non-hydrogen) atoms. The Bertz CT molecular complexity index is 913. The average molecular weight is 354 g/mol. The highest BCUT2D eigenvalue weighted by Crippen LogP contribution is 2.24. The first-order chi connectivity index (χ1) is 12.7. The van der Waals surface area contributed by atoms with E-state index in [1.54, 1.807) is 28.0 Å². The first kappa shape index (κ1) is 16.7. The monoisotopic (exact) mass is 354 g/mol. The summed E-state index contributed by atoms with van der Waals surface area (Å²) in [4.78, 5) is 18.7. The van der Waals surface area contributed by atoms with Crippen molar-refractivity contribution in [1.82, 2.24) is 19.7 Å². The summed E-state index contributed by atoms with van der Waals surface area (Å²) >= 11 is 0. The molecule has 134 valence electrons. The van der Waals surface area contributed by atoms with Crippen molar-refractivity contribution in [3.05, 3.63) is 60.4 Å². The maximum Gasteiger partial charge on any atom is 0.224 e. The predicted molar refractivity (Wildman–Crippen MR) is 93.8 cm³/mol. The molecule has 0 N–H and O–H groups in total. The van der Waals surface area contributed by atoms with Crippen LogP contribution in [0, 0.1) is 5.82 Å². The minimum atomic E-state index is -0.301. The highest BCUT2D eigenvalue weighted by atomic mass is 19.1. The van der Waals surface area contributed by atoms with Gasteiger partial charge < -0.3 is 9.64 Å². The van der Waals surface area contributed by atoms with Gasteiger partial charge in [0.2, 0.25) is 5.91 Å². The zero-order chi connectivity index (χ0) is 17.9. The van der Waals surface area contributed by atoms with Gasteiger partial charge in [-0.2, -0.15) is 5.10 Å². The molecule has 1 unspecified atom stereocenters. The summed E-state index contributed by atoms with van der Waals surface area (Å²) in [5.74, 6) is -0.213. The highest BCUT2D eigenvalue weighted by Gasteiger charge is 2.26. The summed E-state index contributed by atoms with van der Waals surface area (Å²) in [7, 11) is 0. The Morgan fingerprint density at radius 1 is 1.31 bits per heavy atom. The van der Waals surface area contributed by atoms with Gasteiger partial charge in [0.1, 0.15) is 11.9 Å². The quantitative estimate of drug-likeness (QED) is 0.722. The largest absolute Gasteiger partial charge is 0.368 e. The van der Waals surface area contributed by atoms with Crippen molar-refractivity contribution in [3.8, 4) is 0 Å². The number of nitrogens with zero attached hydrogens (tertiary/aromatic N) is 4. The Hall–Kier alpha value is -2.80. The van der Waals surface area contributed by atoms with Crippen LogP contribution in [0.3, 0.4) is 0 Å². The van der Waals surface area contributed by atoms with E-state index in [1.165, 1.54) is 12.1 Å². The van der Waals surface area contributed by atoms with E-state index in [4.69, 9.17) is 4.74 Å². The summed E-state index contributed by atoms with van der Waals surface area (Å²) in [6, 6.07) is 8.27. The molecule has 0 spiro atoms. The van der Waals surface area contributed by atoms with Crippen molar-refractivity contribution in [2.75, 3.05) is 19.7 Å². The number of pyridine rings is 1. The average Bonchev–Trinajstić information content (AvgIpc) is 3.19. The van der Waals surface area contributed by atoms with Crippen molar-refractivity contribution in [2.45, 2.75) is 19.1 Å². The van der Waals surface area contributed by atoms with Gasteiger partial charge in [-0.25, -0.2) is 4.39 Å². The number of aromatic nitrogens is 3. The van der Waals surface area contributed by atoms with Crippen LogP contribution in [0.4, 0.5) is 4.39 Å². The number of hydrogen-bond donors (Lipinski definition) is 0. The topological polar surface area (TPSA) is 60.2 Å². The molecule has 2 aromatic heterocycles. The van der Waals surface area contributed by atoms with Crippen LogP contribution in [0.15, 0.2) is 48.9 Å². The smallest absolute Gasteiger partial charge is 0.224 e. The van der Waals surface area contributed by atoms with Gasteiger partial charge >= 0.3 is 0 Å². The van der Waals surface area contributed by atoms with E-state index in [0.717, 1.165) is 10.8 Å². The minimum Gasteiger partial charge on any atom is -0.368 e. The van der Waals surface area contributed by atoms with Crippen LogP contribution < -0.4 is 0 Å². The molecule has 1 aliphatic rings. The summed E-state index contributed by atoms with van der Waals surface area (Å²) in [5, 5.41) is 5.76. The van der Waals surface area contributed by atoms with E-state index in [-0.39, 0.29) is 17.8 Å². The number of carbonyl (C=O) groups excluding carboxylic acids is 1. The Balaban J connectivity index is 1.45. The summed E-state index contributed by atoms with van der Waals surface area (Å²) in [6.45, 7) is 2.03. The summed E-state index contributed by atoms with van der Waals surface area (Å²) in [5.41, 5.74) is 0.715. The normalized spacial score (nSPS) is 17.6. The van der Waals surface area contributed by atoms with Gasteiger partial charge in [-0.3, -0.25) is 14.5 Å². The second-order valence-electron chi connectivity index (χ2n) is 6.32. The van der Waals surface area contributed by atoms with Gasteiger partial charge in [-0.05, 0) is 35.7 Å². The number of morpholine rings is 1. The zero-order valence-corrected chi connectivity index (χ0v) is 14.2. The van der Waals surface area contributed by atoms with Crippen LogP contribution in [0.2, 0.25) is 0 Å². The molecule has 0 radical (unpaired) electrons. The minimum absolute atomic E-state index is 0.0700. The van der Waals surface area contributed by atoms with E-state index in [2.05, 4.69) is 10.1 Å². The van der Waals surface area contributed by atoms with Crippen LogP contribution >= 0.6 is 0 Å². The third-order valence-corrected chi connectivity index (χ3v) is 4.57. The van der Waals surface area contributed by atoms with Gasteiger partial charge in [-0.15, -0.1) is 0 Å². The van der Waals surface area contributed by atoms with Crippen molar-refractivity contribution in [2.24, 2.45) is 0 Å². The summed E-state index contributed by atoms with van der Waals surface area (Å²) < 4.78 is 21.0. The fourth-order valence-corrected chi connectivity index (χ4v) is 3.16. The number of carbonyl (C=O) groups is 1. The molecule has 1 amide bonds. The van der Waals surface area contributed by atoms with Crippen molar-refractivity contribution in [3.63, 3.8) is 0 Å². The molecular weight excluding hydrogens is 335 g/mol. The molecule has 6 nitrogen and oxygen atoms in total. The molecule has 4 rings (SSSR count). The number of benzene rings is 1. The van der Waals surface area contributed by atoms with Crippen molar-refractivity contribution in [1.29, 1.82) is 0 Å². The van der Waals surface area contributed by atoms with Crippen LogP contribution in [0.5, 0.6) is 0 Å². The molecule has 1 aliphatic heterocycles.